The van der Waals surface area contributed by atoms with E-state index in [1.807, 2.05) is 6.07 Å². The molecule has 0 bridgehead atoms. The van der Waals surface area contributed by atoms with Crippen molar-refractivity contribution in [3.8, 4) is 5.75 Å². The molecule has 0 fully saturated rings. The zero-order valence-electron chi connectivity index (χ0n) is 10.6. The minimum absolute atomic E-state index is 0.114. The average Bonchev–Trinajstić information content (AvgIpc) is 2.41. The molecular formula is C15H11BrClFO2. The SMILES string of the molecule is COc1ccc(C(=O)Cc2ccc(Br)cc2Cl)cc1F. The normalized spacial score (nSPS) is 10.4. The van der Waals surface area contributed by atoms with Crippen molar-refractivity contribution in [2.75, 3.05) is 7.11 Å². The standard InChI is InChI=1S/C15H11BrClFO2/c1-20-15-5-3-10(6-13(15)18)14(19)7-9-2-4-11(16)8-12(9)17/h2-6,8H,7H2,1H3. The van der Waals surface area contributed by atoms with Crippen LogP contribution in [0.25, 0.3) is 0 Å². The van der Waals surface area contributed by atoms with Gasteiger partial charge in [0.1, 0.15) is 0 Å². The number of benzene rings is 2. The highest BCUT2D eigenvalue weighted by Crippen LogP contribution is 2.24. The Morgan fingerprint density at radius 2 is 2.05 bits per heavy atom. The lowest BCUT2D eigenvalue weighted by Gasteiger charge is -2.06. The predicted octanol–water partition coefficient (Wildman–Crippen LogP) is 4.68. The summed E-state index contributed by atoms with van der Waals surface area (Å²) >= 11 is 9.36. The first-order valence-corrected chi connectivity index (χ1v) is 6.99. The smallest absolute Gasteiger partial charge is 0.167 e. The Bertz CT molecular complexity index is 658. The van der Waals surface area contributed by atoms with E-state index in [-0.39, 0.29) is 18.0 Å². The van der Waals surface area contributed by atoms with Gasteiger partial charge in [0.25, 0.3) is 0 Å². The van der Waals surface area contributed by atoms with E-state index in [1.165, 1.54) is 25.3 Å². The van der Waals surface area contributed by atoms with E-state index in [9.17, 15) is 9.18 Å². The molecule has 2 rings (SSSR count). The Balaban J connectivity index is 2.21. The monoisotopic (exact) mass is 356 g/mol. The van der Waals surface area contributed by atoms with Crippen LogP contribution in [-0.4, -0.2) is 12.9 Å². The number of rotatable bonds is 4. The number of ether oxygens (including phenoxy) is 1. The maximum Gasteiger partial charge on any atom is 0.167 e. The van der Waals surface area contributed by atoms with Crippen LogP contribution >= 0.6 is 27.5 Å². The third kappa shape index (κ3) is 3.38. The molecule has 2 aromatic carbocycles. The second kappa shape index (κ2) is 6.37. The summed E-state index contributed by atoms with van der Waals surface area (Å²) in [6.45, 7) is 0. The van der Waals surface area contributed by atoms with E-state index in [4.69, 9.17) is 16.3 Å². The molecule has 0 saturated heterocycles. The fourth-order valence-electron chi connectivity index (χ4n) is 1.78. The van der Waals surface area contributed by atoms with Crippen molar-refractivity contribution >= 4 is 33.3 Å². The molecule has 20 heavy (non-hydrogen) atoms. The molecule has 0 heterocycles. The Labute approximate surface area is 129 Å². The van der Waals surface area contributed by atoms with Crippen LogP contribution in [0.2, 0.25) is 5.02 Å². The Kier molecular flexibility index (Phi) is 4.78. The summed E-state index contributed by atoms with van der Waals surface area (Å²) < 4.78 is 19.2. The average molecular weight is 358 g/mol. The van der Waals surface area contributed by atoms with Crippen molar-refractivity contribution in [1.29, 1.82) is 0 Å². The topological polar surface area (TPSA) is 26.3 Å². The van der Waals surface area contributed by atoms with Crippen LogP contribution in [0, 0.1) is 5.82 Å². The van der Waals surface area contributed by atoms with Crippen LogP contribution in [0.1, 0.15) is 15.9 Å². The number of carbonyl (C=O) groups excluding carboxylic acids is 1. The van der Waals surface area contributed by atoms with Crippen LogP contribution in [0.5, 0.6) is 5.75 Å². The summed E-state index contributed by atoms with van der Waals surface area (Å²) in [5.41, 5.74) is 0.998. The maximum absolute atomic E-state index is 13.6. The van der Waals surface area contributed by atoms with Gasteiger partial charge in [-0.15, -0.1) is 0 Å². The second-order valence-corrected chi connectivity index (χ2v) is 5.51. The summed E-state index contributed by atoms with van der Waals surface area (Å²) in [7, 11) is 1.38. The van der Waals surface area contributed by atoms with Crippen LogP contribution in [-0.2, 0) is 6.42 Å². The molecule has 0 aliphatic heterocycles. The molecule has 0 aliphatic rings. The Hall–Kier alpha value is -1.39. The van der Waals surface area contributed by atoms with Gasteiger partial charge in [-0.05, 0) is 35.9 Å². The number of methoxy groups -OCH3 is 1. The van der Waals surface area contributed by atoms with Gasteiger partial charge in [-0.1, -0.05) is 33.6 Å². The Morgan fingerprint density at radius 3 is 2.65 bits per heavy atom. The van der Waals surface area contributed by atoms with Gasteiger partial charge >= 0.3 is 0 Å². The molecule has 104 valence electrons. The number of hydrogen-bond donors (Lipinski definition) is 0. The molecule has 0 saturated carbocycles. The number of Topliss-reactive ketones (excluding diaryl/α,β-unsaturated/α-hetero) is 1. The first-order valence-electron chi connectivity index (χ1n) is 5.82. The van der Waals surface area contributed by atoms with E-state index in [1.54, 1.807) is 12.1 Å². The van der Waals surface area contributed by atoms with Crippen molar-refractivity contribution < 1.29 is 13.9 Å². The quantitative estimate of drug-likeness (QED) is 0.743. The minimum atomic E-state index is -0.555. The fourth-order valence-corrected chi connectivity index (χ4v) is 2.52. The number of halogens is 3. The Morgan fingerprint density at radius 1 is 1.30 bits per heavy atom. The van der Waals surface area contributed by atoms with Gasteiger partial charge in [0, 0.05) is 21.5 Å². The summed E-state index contributed by atoms with van der Waals surface area (Å²) in [6.07, 6.45) is 0.123. The maximum atomic E-state index is 13.6. The van der Waals surface area contributed by atoms with E-state index < -0.39 is 5.82 Å². The van der Waals surface area contributed by atoms with E-state index in [0.717, 1.165) is 4.47 Å². The number of carbonyl (C=O) groups is 1. The molecule has 2 nitrogen and oxygen atoms in total. The molecule has 0 aliphatic carbocycles. The lowest BCUT2D eigenvalue weighted by atomic mass is 10.0. The third-order valence-electron chi connectivity index (χ3n) is 2.84. The zero-order chi connectivity index (χ0) is 14.7. The highest BCUT2D eigenvalue weighted by Gasteiger charge is 2.12. The number of hydrogen-bond acceptors (Lipinski definition) is 2. The lowest BCUT2D eigenvalue weighted by Crippen LogP contribution is -2.05. The van der Waals surface area contributed by atoms with Gasteiger partial charge < -0.3 is 4.74 Å². The molecule has 0 spiro atoms. The highest BCUT2D eigenvalue weighted by molar-refractivity contribution is 9.10. The van der Waals surface area contributed by atoms with Crippen molar-refractivity contribution in [2.45, 2.75) is 6.42 Å². The van der Waals surface area contributed by atoms with Crippen molar-refractivity contribution in [2.24, 2.45) is 0 Å². The second-order valence-electron chi connectivity index (χ2n) is 4.19. The van der Waals surface area contributed by atoms with E-state index >= 15 is 0 Å². The molecule has 0 aromatic heterocycles. The summed E-state index contributed by atoms with van der Waals surface area (Å²) in [5.74, 6) is -0.640. The zero-order valence-corrected chi connectivity index (χ0v) is 13.0. The minimum Gasteiger partial charge on any atom is -0.494 e. The molecule has 0 amide bonds. The molecule has 0 unspecified atom stereocenters. The summed E-state index contributed by atoms with van der Waals surface area (Å²) in [4.78, 5) is 12.1. The molecule has 5 heteroatoms. The fraction of sp³-hybridized carbons (Fsp3) is 0.133. The molecule has 2 aromatic rings. The van der Waals surface area contributed by atoms with Crippen LogP contribution in [0.15, 0.2) is 40.9 Å². The van der Waals surface area contributed by atoms with Crippen LogP contribution < -0.4 is 4.74 Å². The van der Waals surface area contributed by atoms with Gasteiger partial charge in [-0.2, -0.15) is 0 Å². The van der Waals surface area contributed by atoms with Gasteiger partial charge in [-0.3, -0.25) is 4.79 Å². The number of ketones is 1. The van der Waals surface area contributed by atoms with E-state index in [0.29, 0.717) is 16.1 Å². The van der Waals surface area contributed by atoms with Gasteiger partial charge in [0.05, 0.1) is 7.11 Å². The molecule has 0 radical (unpaired) electrons. The van der Waals surface area contributed by atoms with Crippen molar-refractivity contribution in [3.63, 3.8) is 0 Å². The predicted molar refractivity (Wildman–Crippen MR) is 80.1 cm³/mol. The van der Waals surface area contributed by atoms with Crippen LogP contribution in [0.4, 0.5) is 4.39 Å². The lowest BCUT2D eigenvalue weighted by molar-refractivity contribution is 0.0992. The summed E-state index contributed by atoms with van der Waals surface area (Å²) in [6, 6.07) is 9.45. The molecule has 0 N–H and O–H groups in total. The summed E-state index contributed by atoms with van der Waals surface area (Å²) in [5, 5.41) is 0.502. The van der Waals surface area contributed by atoms with Gasteiger partial charge in [0.2, 0.25) is 0 Å². The van der Waals surface area contributed by atoms with E-state index in [2.05, 4.69) is 15.9 Å². The molecular weight excluding hydrogens is 347 g/mol. The first-order chi connectivity index (χ1) is 9.51. The van der Waals surface area contributed by atoms with Gasteiger partial charge in [0.15, 0.2) is 17.3 Å². The van der Waals surface area contributed by atoms with Gasteiger partial charge in [-0.25, -0.2) is 4.39 Å². The largest absolute Gasteiger partial charge is 0.494 e. The van der Waals surface area contributed by atoms with Crippen molar-refractivity contribution in [3.05, 3.63) is 62.8 Å². The first kappa shape index (κ1) is 15.0. The molecule has 0 atom stereocenters. The third-order valence-corrected chi connectivity index (χ3v) is 3.68. The van der Waals surface area contributed by atoms with Crippen LogP contribution in [0.3, 0.4) is 0 Å². The van der Waals surface area contributed by atoms with Crippen molar-refractivity contribution in [1.82, 2.24) is 0 Å². The highest BCUT2D eigenvalue weighted by atomic mass is 79.9.